The summed E-state index contributed by atoms with van der Waals surface area (Å²) in [6, 6.07) is 8.27. The van der Waals surface area contributed by atoms with Crippen LogP contribution in [0, 0.1) is 28.6 Å². The molecule has 2 saturated carbocycles. The summed E-state index contributed by atoms with van der Waals surface area (Å²) in [5, 5.41) is 23.6. The van der Waals surface area contributed by atoms with E-state index >= 15 is 0 Å². The Morgan fingerprint density at radius 2 is 2.00 bits per heavy atom. The van der Waals surface area contributed by atoms with Crippen LogP contribution in [0.5, 0.6) is 0 Å². The number of rotatable bonds is 7. The molecule has 2 unspecified atom stereocenters. The number of alkyl carbamates (subject to hydrolysis) is 1. The third-order valence-corrected chi connectivity index (χ3v) is 9.25. The number of benzene rings is 1. The molecule has 2 heterocycles. The lowest BCUT2D eigenvalue weighted by atomic mass is 9.59. The minimum atomic E-state index is -0.513. The van der Waals surface area contributed by atoms with Crippen molar-refractivity contribution in [1.82, 2.24) is 15.3 Å². The molecule has 5 rings (SSSR count). The van der Waals surface area contributed by atoms with E-state index in [-0.39, 0.29) is 17.6 Å². The maximum absolute atomic E-state index is 12.5. The van der Waals surface area contributed by atoms with E-state index in [9.17, 15) is 10.1 Å². The Morgan fingerprint density at radius 3 is 2.70 bits per heavy atom. The number of ether oxygens (including phenoxy) is 1. The van der Waals surface area contributed by atoms with E-state index in [2.05, 4.69) is 44.3 Å². The van der Waals surface area contributed by atoms with Crippen molar-refractivity contribution >= 4 is 50.9 Å². The molecule has 0 aliphatic heterocycles. The third kappa shape index (κ3) is 6.61. The molecule has 0 spiro atoms. The van der Waals surface area contributed by atoms with Gasteiger partial charge in [0.1, 0.15) is 23.1 Å². The van der Waals surface area contributed by atoms with Gasteiger partial charge in [0.25, 0.3) is 0 Å². The number of aromatic nitrogens is 2. The lowest BCUT2D eigenvalue weighted by molar-refractivity contribution is 0.0155. The van der Waals surface area contributed by atoms with Crippen molar-refractivity contribution in [3.63, 3.8) is 0 Å². The quantitative estimate of drug-likeness (QED) is 0.268. The summed E-state index contributed by atoms with van der Waals surface area (Å²) < 4.78 is 6.73. The maximum atomic E-state index is 12.5. The Kier molecular flexibility index (Phi) is 8.12. The van der Waals surface area contributed by atoms with Gasteiger partial charge in [-0.1, -0.05) is 24.9 Å². The molecule has 2 aromatic heterocycles. The first-order chi connectivity index (χ1) is 19.0. The Labute approximate surface area is 244 Å². The largest absolute Gasteiger partial charge is 0.444 e. The number of nitrogens with zero attached hydrogens (tertiary/aromatic N) is 3. The van der Waals surface area contributed by atoms with Gasteiger partial charge < -0.3 is 20.7 Å². The highest BCUT2D eigenvalue weighted by Crippen LogP contribution is 2.49. The number of amides is 1. The van der Waals surface area contributed by atoms with Gasteiger partial charge in [-0.25, -0.2) is 9.78 Å². The number of carbonyl (C=O) groups excluding carboxylic acids is 1. The molecule has 3 N–H and O–H groups in total. The van der Waals surface area contributed by atoms with Crippen LogP contribution in [0.4, 0.5) is 16.6 Å². The zero-order chi connectivity index (χ0) is 28.5. The van der Waals surface area contributed by atoms with Crippen LogP contribution in [0.15, 0.2) is 29.8 Å². The fourth-order valence-electron chi connectivity index (χ4n) is 6.36. The van der Waals surface area contributed by atoms with Gasteiger partial charge in [-0.05, 0) is 98.2 Å². The van der Waals surface area contributed by atoms with Crippen LogP contribution in [0.2, 0.25) is 5.02 Å². The molecule has 3 aromatic rings. The molecule has 40 heavy (non-hydrogen) atoms. The van der Waals surface area contributed by atoms with Gasteiger partial charge in [0.05, 0.1) is 6.20 Å². The summed E-state index contributed by atoms with van der Waals surface area (Å²) in [5.41, 5.74) is 1.05. The second-order valence-electron chi connectivity index (χ2n) is 12.5. The average molecular weight is 581 g/mol. The molecule has 2 fully saturated rings. The molecular weight excluding hydrogens is 544 g/mol. The van der Waals surface area contributed by atoms with Crippen LogP contribution in [0.1, 0.15) is 70.9 Å². The predicted molar refractivity (Wildman–Crippen MR) is 161 cm³/mol. The summed E-state index contributed by atoms with van der Waals surface area (Å²) in [6.07, 6.45) is 6.61. The molecule has 2 bridgehead atoms. The van der Waals surface area contributed by atoms with E-state index in [0.717, 1.165) is 36.6 Å². The molecule has 1 aromatic carbocycles. The molecule has 2 aliphatic rings. The fraction of sp³-hybridized carbons (Fsp3) is 0.533. The van der Waals surface area contributed by atoms with Gasteiger partial charge >= 0.3 is 6.09 Å². The molecule has 10 heteroatoms. The molecule has 4 atom stereocenters. The molecule has 0 saturated heterocycles. The van der Waals surface area contributed by atoms with Crippen molar-refractivity contribution in [3.8, 4) is 6.07 Å². The number of hydrogen-bond acceptors (Lipinski definition) is 8. The molecule has 0 radical (unpaired) electrons. The standard InChI is InChI=1S/C30H37ClN6O2S/c1-29(2,3)39-28(38)36-25-18-6-5-7-19(25)12-30(4,11-18)17-35-26-20(13-32)14-33-27(37-26)34-15-21-16-40-24-9-8-22(31)10-23(21)24/h8-10,14,16,18-19,25H,5-7,11-12,15,17H2,1-4H3,(H,36,38)(H2,33,34,35,37)/t18-,19+,25?,30?. The minimum Gasteiger partial charge on any atom is -0.444 e. The highest BCUT2D eigenvalue weighted by Gasteiger charge is 2.46. The number of halogens is 1. The Hall–Kier alpha value is -3.09. The molecule has 8 nitrogen and oxygen atoms in total. The lowest BCUT2D eigenvalue weighted by Gasteiger charge is -2.50. The van der Waals surface area contributed by atoms with Crippen molar-refractivity contribution in [2.24, 2.45) is 17.3 Å². The Morgan fingerprint density at radius 1 is 1.25 bits per heavy atom. The monoisotopic (exact) mass is 580 g/mol. The van der Waals surface area contributed by atoms with Gasteiger partial charge in [-0.15, -0.1) is 11.3 Å². The van der Waals surface area contributed by atoms with Crippen molar-refractivity contribution < 1.29 is 9.53 Å². The summed E-state index contributed by atoms with van der Waals surface area (Å²) >= 11 is 7.89. The summed E-state index contributed by atoms with van der Waals surface area (Å²) in [7, 11) is 0. The number of hydrogen-bond donors (Lipinski definition) is 3. The van der Waals surface area contributed by atoms with Gasteiger partial charge in [-0.3, -0.25) is 0 Å². The Bertz CT molecular complexity index is 1410. The highest BCUT2D eigenvalue weighted by molar-refractivity contribution is 7.17. The van der Waals surface area contributed by atoms with Gasteiger partial charge in [0.2, 0.25) is 5.95 Å². The van der Waals surface area contributed by atoms with E-state index in [1.807, 2.05) is 39.0 Å². The first-order valence-corrected chi connectivity index (χ1v) is 15.2. The van der Waals surface area contributed by atoms with Gasteiger partial charge in [0, 0.05) is 28.9 Å². The third-order valence-electron chi connectivity index (χ3n) is 8.00. The number of nitriles is 1. The summed E-state index contributed by atoms with van der Waals surface area (Å²) in [4.78, 5) is 21.6. The van der Waals surface area contributed by atoms with E-state index in [1.165, 1.54) is 11.1 Å². The number of nitrogens with one attached hydrogen (secondary N) is 3. The number of anilines is 2. The second-order valence-corrected chi connectivity index (χ2v) is 13.9. The second kappa shape index (κ2) is 11.4. The zero-order valence-corrected chi connectivity index (χ0v) is 25.1. The smallest absolute Gasteiger partial charge is 0.407 e. The first-order valence-electron chi connectivity index (χ1n) is 13.9. The normalized spacial score (nSPS) is 24.2. The van der Waals surface area contributed by atoms with Crippen LogP contribution in [0.3, 0.4) is 0 Å². The van der Waals surface area contributed by atoms with Crippen molar-refractivity contribution in [2.75, 3.05) is 17.2 Å². The number of carbonyl (C=O) groups is 1. The fourth-order valence-corrected chi connectivity index (χ4v) is 7.48. The summed E-state index contributed by atoms with van der Waals surface area (Å²) in [5.74, 6) is 1.81. The van der Waals surface area contributed by atoms with Crippen LogP contribution in [-0.4, -0.2) is 34.2 Å². The minimum absolute atomic E-state index is 0.0159. The lowest BCUT2D eigenvalue weighted by Crippen LogP contribution is -2.55. The van der Waals surface area contributed by atoms with E-state index in [0.29, 0.717) is 47.3 Å². The zero-order valence-electron chi connectivity index (χ0n) is 23.5. The molecule has 212 valence electrons. The van der Waals surface area contributed by atoms with E-state index in [4.69, 9.17) is 16.3 Å². The van der Waals surface area contributed by atoms with Crippen molar-refractivity contribution in [1.29, 1.82) is 5.26 Å². The van der Waals surface area contributed by atoms with E-state index < -0.39 is 5.60 Å². The van der Waals surface area contributed by atoms with Crippen LogP contribution in [-0.2, 0) is 11.3 Å². The SMILES string of the molecule is CC1(CNc2nc(NCc3csc4ccc(Cl)cc34)ncc2C#N)C[C@H]2CCC[C@@H](C1)C2NC(=O)OC(C)(C)C. The molecular formula is C30H37ClN6O2S. The van der Waals surface area contributed by atoms with Gasteiger partial charge in [0.15, 0.2) is 0 Å². The average Bonchev–Trinajstić information content (AvgIpc) is 3.28. The van der Waals surface area contributed by atoms with Crippen molar-refractivity contribution in [2.45, 2.75) is 78.0 Å². The van der Waals surface area contributed by atoms with Crippen molar-refractivity contribution in [3.05, 3.63) is 45.9 Å². The highest BCUT2D eigenvalue weighted by atomic mass is 35.5. The molecule has 1 amide bonds. The maximum Gasteiger partial charge on any atom is 0.407 e. The Balaban J connectivity index is 1.24. The summed E-state index contributed by atoms with van der Waals surface area (Å²) in [6.45, 7) is 9.22. The van der Waals surface area contributed by atoms with Crippen LogP contribution >= 0.6 is 22.9 Å². The van der Waals surface area contributed by atoms with E-state index in [1.54, 1.807) is 17.5 Å². The van der Waals surface area contributed by atoms with Gasteiger partial charge in [-0.2, -0.15) is 10.2 Å². The first kappa shape index (κ1) is 28.4. The predicted octanol–water partition coefficient (Wildman–Crippen LogP) is 7.35. The van der Waals surface area contributed by atoms with Crippen LogP contribution < -0.4 is 16.0 Å². The topological polar surface area (TPSA) is 112 Å². The molecule has 2 aliphatic carbocycles. The van der Waals surface area contributed by atoms with Crippen LogP contribution in [0.25, 0.3) is 10.1 Å². The number of thiophene rings is 1. The number of fused-ring (bicyclic) bond motifs is 3.